The Morgan fingerprint density at radius 2 is 2.29 bits per heavy atom. The van der Waals surface area contributed by atoms with Crippen LogP contribution in [0.3, 0.4) is 0 Å². The molecular weight excluding hydrogens is 263 g/mol. The van der Waals surface area contributed by atoms with Crippen LogP contribution in [0.5, 0.6) is 0 Å². The van der Waals surface area contributed by atoms with Gasteiger partial charge >= 0.3 is 0 Å². The monoisotopic (exact) mass is 272 g/mol. The summed E-state index contributed by atoms with van der Waals surface area (Å²) in [4.78, 5) is 0. The molecule has 0 aliphatic heterocycles. The third kappa shape index (κ3) is 3.02. The van der Waals surface area contributed by atoms with Gasteiger partial charge in [0.25, 0.3) is 0 Å². The fourth-order valence-electron chi connectivity index (χ4n) is 1.08. The van der Waals surface area contributed by atoms with Crippen molar-refractivity contribution in [3.05, 3.63) is 33.3 Å². The molecule has 0 saturated carbocycles. The summed E-state index contributed by atoms with van der Waals surface area (Å²) in [5.41, 5.74) is 0.817. The first-order valence-electron chi connectivity index (χ1n) is 4.17. The highest BCUT2D eigenvalue weighted by molar-refractivity contribution is 9.10. The fraction of sp³-hybridized carbons (Fsp3) is 0.273. The topological polar surface area (TPSA) is 20.2 Å². The van der Waals surface area contributed by atoms with Crippen LogP contribution >= 0.6 is 27.5 Å². The zero-order valence-corrected chi connectivity index (χ0v) is 10.1. The summed E-state index contributed by atoms with van der Waals surface area (Å²) in [6, 6.07) is 5.32. The lowest BCUT2D eigenvalue weighted by atomic mass is 10.1. The van der Waals surface area contributed by atoms with Crippen molar-refractivity contribution < 1.29 is 5.11 Å². The summed E-state index contributed by atoms with van der Waals surface area (Å²) >= 11 is 9.13. The van der Waals surface area contributed by atoms with E-state index < -0.39 is 6.10 Å². The summed E-state index contributed by atoms with van der Waals surface area (Å²) in [7, 11) is 0. The molecule has 1 rings (SSSR count). The van der Waals surface area contributed by atoms with Gasteiger partial charge < -0.3 is 5.11 Å². The molecule has 1 atom stereocenters. The molecule has 0 bridgehead atoms. The first kappa shape index (κ1) is 11.6. The van der Waals surface area contributed by atoms with Gasteiger partial charge in [-0.2, -0.15) is 0 Å². The molecule has 0 aliphatic rings. The molecule has 0 radical (unpaired) electrons. The van der Waals surface area contributed by atoms with E-state index in [4.69, 9.17) is 11.6 Å². The summed E-state index contributed by atoms with van der Waals surface area (Å²) in [6.45, 7) is 1.75. The van der Waals surface area contributed by atoms with E-state index in [0.717, 1.165) is 10.0 Å². The van der Waals surface area contributed by atoms with Crippen molar-refractivity contribution in [2.24, 2.45) is 0 Å². The standard InChI is InChI=1S/C11H10BrClO/c1-2-3-4-11(14)9-6-5-8(13)7-10(9)12/h5-7,11,14H,4H2,1H3. The lowest BCUT2D eigenvalue weighted by Crippen LogP contribution is -1.96. The number of benzene rings is 1. The average Bonchev–Trinajstić information content (AvgIpc) is 2.14. The lowest BCUT2D eigenvalue weighted by molar-refractivity contribution is 0.183. The van der Waals surface area contributed by atoms with Crippen molar-refractivity contribution in [2.75, 3.05) is 0 Å². The third-order valence-corrected chi connectivity index (χ3v) is 2.72. The van der Waals surface area contributed by atoms with Gasteiger partial charge in [0, 0.05) is 15.9 Å². The van der Waals surface area contributed by atoms with Crippen LogP contribution in [-0.2, 0) is 0 Å². The smallest absolute Gasteiger partial charge is 0.0910 e. The molecule has 0 fully saturated rings. The summed E-state index contributed by atoms with van der Waals surface area (Å²) in [6.07, 6.45) is -0.120. The maximum atomic E-state index is 9.75. The van der Waals surface area contributed by atoms with Crippen LogP contribution in [0.2, 0.25) is 5.02 Å². The molecule has 0 aliphatic carbocycles. The first-order chi connectivity index (χ1) is 6.65. The minimum atomic E-state index is -0.561. The second-order valence-corrected chi connectivity index (χ2v) is 4.10. The van der Waals surface area contributed by atoms with Gasteiger partial charge in [0.05, 0.1) is 6.10 Å². The van der Waals surface area contributed by atoms with Crippen molar-refractivity contribution in [3.63, 3.8) is 0 Å². The Balaban J connectivity index is 2.88. The average molecular weight is 274 g/mol. The van der Waals surface area contributed by atoms with E-state index in [1.165, 1.54) is 0 Å². The SMILES string of the molecule is CC#CCC(O)c1ccc(Cl)cc1Br. The largest absolute Gasteiger partial charge is 0.387 e. The summed E-state index contributed by atoms with van der Waals surface area (Å²) in [5.74, 6) is 5.58. The molecule has 1 unspecified atom stereocenters. The third-order valence-electron chi connectivity index (χ3n) is 1.79. The molecule has 1 N–H and O–H groups in total. The van der Waals surface area contributed by atoms with Crippen LogP contribution in [0.1, 0.15) is 25.0 Å². The van der Waals surface area contributed by atoms with E-state index in [9.17, 15) is 5.11 Å². The number of hydrogen-bond acceptors (Lipinski definition) is 1. The number of rotatable bonds is 2. The van der Waals surface area contributed by atoms with Gasteiger partial charge in [0.1, 0.15) is 0 Å². The van der Waals surface area contributed by atoms with E-state index >= 15 is 0 Å². The molecule has 3 heteroatoms. The minimum absolute atomic E-state index is 0.441. The van der Waals surface area contributed by atoms with Gasteiger partial charge in [-0.3, -0.25) is 0 Å². The highest BCUT2D eigenvalue weighted by Crippen LogP contribution is 2.27. The van der Waals surface area contributed by atoms with Crippen molar-refractivity contribution in [1.82, 2.24) is 0 Å². The van der Waals surface area contributed by atoms with Crippen molar-refractivity contribution in [2.45, 2.75) is 19.4 Å². The molecule has 1 aromatic carbocycles. The molecule has 0 amide bonds. The van der Waals surface area contributed by atoms with Crippen LogP contribution in [0.25, 0.3) is 0 Å². The first-order valence-corrected chi connectivity index (χ1v) is 5.35. The number of aliphatic hydroxyl groups is 1. The molecule has 0 saturated heterocycles. The summed E-state index contributed by atoms with van der Waals surface area (Å²) < 4.78 is 0.815. The molecule has 74 valence electrons. The summed E-state index contributed by atoms with van der Waals surface area (Å²) in [5, 5.41) is 10.4. The van der Waals surface area contributed by atoms with E-state index in [1.807, 2.05) is 0 Å². The predicted octanol–water partition coefficient (Wildman–Crippen LogP) is 3.55. The van der Waals surface area contributed by atoms with Crippen molar-refractivity contribution >= 4 is 27.5 Å². The molecule has 0 aromatic heterocycles. The van der Waals surface area contributed by atoms with E-state index in [1.54, 1.807) is 25.1 Å². The minimum Gasteiger partial charge on any atom is -0.387 e. The highest BCUT2D eigenvalue weighted by atomic mass is 79.9. The zero-order valence-electron chi connectivity index (χ0n) is 7.72. The Morgan fingerprint density at radius 1 is 1.57 bits per heavy atom. The van der Waals surface area contributed by atoms with Gasteiger partial charge in [-0.1, -0.05) is 33.6 Å². The maximum absolute atomic E-state index is 9.75. The quantitative estimate of drug-likeness (QED) is 0.817. The fourth-order valence-corrected chi connectivity index (χ4v) is 2.03. The van der Waals surface area contributed by atoms with E-state index in [2.05, 4.69) is 27.8 Å². The van der Waals surface area contributed by atoms with Crippen molar-refractivity contribution in [3.8, 4) is 11.8 Å². The second kappa shape index (κ2) is 5.41. The van der Waals surface area contributed by atoms with Gasteiger partial charge in [0.15, 0.2) is 0 Å². The molecule has 0 heterocycles. The Labute approximate surface area is 97.2 Å². The lowest BCUT2D eigenvalue weighted by Gasteiger charge is -2.09. The molecule has 14 heavy (non-hydrogen) atoms. The predicted molar refractivity (Wildman–Crippen MR) is 62.2 cm³/mol. The number of aliphatic hydroxyl groups excluding tert-OH is 1. The van der Waals surface area contributed by atoms with Crippen molar-refractivity contribution in [1.29, 1.82) is 0 Å². The molecular formula is C11H10BrClO. The van der Waals surface area contributed by atoms with Crippen LogP contribution < -0.4 is 0 Å². The zero-order chi connectivity index (χ0) is 10.6. The van der Waals surface area contributed by atoms with Crippen LogP contribution in [0.15, 0.2) is 22.7 Å². The van der Waals surface area contributed by atoms with Crippen LogP contribution in [0, 0.1) is 11.8 Å². The Morgan fingerprint density at radius 3 is 2.86 bits per heavy atom. The van der Waals surface area contributed by atoms with Crippen LogP contribution in [-0.4, -0.2) is 5.11 Å². The van der Waals surface area contributed by atoms with E-state index in [0.29, 0.717) is 11.4 Å². The van der Waals surface area contributed by atoms with Gasteiger partial charge in [-0.05, 0) is 24.6 Å². The van der Waals surface area contributed by atoms with Gasteiger partial charge in [-0.15, -0.1) is 11.8 Å². The Bertz CT molecular complexity index is 379. The van der Waals surface area contributed by atoms with Crippen LogP contribution in [0.4, 0.5) is 0 Å². The van der Waals surface area contributed by atoms with Gasteiger partial charge in [-0.25, -0.2) is 0 Å². The highest BCUT2D eigenvalue weighted by Gasteiger charge is 2.09. The van der Waals surface area contributed by atoms with E-state index in [-0.39, 0.29) is 0 Å². The second-order valence-electron chi connectivity index (χ2n) is 2.81. The molecule has 1 aromatic rings. The maximum Gasteiger partial charge on any atom is 0.0910 e. The molecule has 0 spiro atoms. The Kier molecular flexibility index (Phi) is 4.47. The normalized spacial score (nSPS) is 11.7. The Hall–Kier alpha value is -0.490. The molecule has 1 nitrogen and oxygen atoms in total. The number of hydrogen-bond donors (Lipinski definition) is 1. The van der Waals surface area contributed by atoms with Gasteiger partial charge in [0.2, 0.25) is 0 Å². The number of halogens is 2.